The van der Waals surface area contributed by atoms with E-state index in [2.05, 4.69) is 5.32 Å². The summed E-state index contributed by atoms with van der Waals surface area (Å²) < 4.78 is 5.12. The zero-order chi connectivity index (χ0) is 15.9. The van der Waals surface area contributed by atoms with Crippen LogP contribution in [0.4, 0.5) is 0 Å². The SMILES string of the molecule is CC(CC(O)c1ccco1)NC(=O)CCC(=O)c1cccs1. The van der Waals surface area contributed by atoms with Crippen LogP contribution in [0.2, 0.25) is 0 Å². The first-order valence-electron chi connectivity index (χ1n) is 7.14. The Morgan fingerprint density at radius 2 is 2.14 bits per heavy atom. The Morgan fingerprint density at radius 3 is 2.77 bits per heavy atom. The van der Waals surface area contributed by atoms with E-state index in [-0.39, 0.29) is 30.6 Å². The minimum absolute atomic E-state index is 0.0200. The lowest BCUT2D eigenvalue weighted by Crippen LogP contribution is -2.33. The van der Waals surface area contributed by atoms with Gasteiger partial charge in [-0.1, -0.05) is 6.07 Å². The number of carbonyl (C=O) groups is 2. The van der Waals surface area contributed by atoms with Crippen molar-refractivity contribution >= 4 is 23.0 Å². The van der Waals surface area contributed by atoms with Gasteiger partial charge in [0.25, 0.3) is 0 Å². The van der Waals surface area contributed by atoms with Crippen LogP contribution in [0.15, 0.2) is 40.3 Å². The van der Waals surface area contributed by atoms with Crippen molar-refractivity contribution in [1.82, 2.24) is 5.32 Å². The lowest BCUT2D eigenvalue weighted by atomic mass is 10.1. The van der Waals surface area contributed by atoms with Crippen molar-refractivity contribution in [3.8, 4) is 0 Å². The second-order valence-corrected chi connectivity index (χ2v) is 6.08. The number of aliphatic hydroxyl groups excluding tert-OH is 1. The van der Waals surface area contributed by atoms with Gasteiger partial charge in [-0.2, -0.15) is 0 Å². The number of hydrogen-bond acceptors (Lipinski definition) is 5. The normalized spacial score (nSPS) is 13.5. The number of thiophene rings is 1. The van der Waals surface area contributed by atoms with Crippen molar-refractivity contribution in [3.05, 3.63) is 46.5 Å². The molecule has 0 saturated heterocycles. The number of Topliss-reactive ketones (excluding diaryl/α,β-unsaturated/α-hetero) is 1. The topological polar surface area (TPSA) is 79.5 Å². The van der Waals surface area contributed by atoms with Crippen molar-refractivity contribution in [2.75, 3.05) is 0 Å². The smallest absolute Gasteiger partial charge is 0.220 e. The van der Waals surface area contributed by atoms with Gasteiger partial charge in [0.2, 0.25) is 5.91 Å². The van der Waals surface area contributed by atoms with Gasteiger partial charge in [0.05, 0.1) is 11.1 Å². The molecule has 2 aromatic rings. The number of rotatable bonds is 8. The highest BCUT2D eigenvalue weighted by atomic mass is 32.1. The molecule has 2 rings (SSSR count). The van der Waals surface area contributed by atoms with Crippen LogP contribution < -0.4 is 5.32 Å². The molecule has 118 valence electrons. The van der Waals surface area contributed by atoms with Crippen molar-refractivity contribution in [1.29, 1.82) is 0 Å². The summed E-state index contributed by atoms with van der Waals surface area (Å²) in [6, 6.07) is 6.77. The first-order chi connectivity index (χ1) is 10.6. The Hall–Kier alpha value is -1.92. The largest absolute Gasteiger partial charge is 0.467 e. The Kier molecular flexibility index (Phi) is 5.91. The number of hydrogen-bond donors (Lipinski definition) is 2. The predicted molar refractivity (Wildman–Crippen MR) is 83.8 cm³/mol. The van der Waals surface area contributed by atoms with E-state index < -0.39 is 6.10 Å². The number of aliphatic hydroxyl groups is 1. The molecular weight excluding hydrogens is 302 g/mol. The molecule has 6 heteroatoms. The summed E-state index contributed by atoms with van der Waals surface area (Å²) in [5, 5.41) is 14.6. The van der Waals surface area contributed by atoms with Crippen LogP contribution in [0.1, 0.15) is 47.7 Å². The van der Waals surface area contributed by atoms with Crippen LogP contribution in [-0.4, -0.2) is 22.8 Å². The fourth-order valence-electron chi connectivity index (χ4n) is 2.13. The van der Waals surface area contributed by atoms with Gasteiger partial charge in [-0.3, -0.25) is 9.59 Å². The van der Waals surface area contributed by atoms with E-state index in [1.165, 1.54) is 17.6 Å². The van der Waals surface area contributed by atoms with Gasteiger partial charge in [0.15, 0.2) is 5.78 Å². The summed E-state index contributed by atoms with van der Waals surface area (Å²) in [4.78, 5) is 24.3. The zero-order valence-electron chi connectivity index (χ0n) is 12.3. The molecule has 0 spiro atoms. The third kappa shape index (κ3) is 4.82. The summed E-state index contributed by atoms with van der Waals surface area (Å²) in [6.07, 6.45) is 1.45. The highest BCUT2D eigenvalue weighted by Gasteiger charge is 2.17. The van der Waals surface area contributed by atoms with Gasteiger partial charge >= 0.3 is 0 Å². The Morgan fingerprint density at radius 1 is 1.32 bits per heavy atom. The summed E-state index contributed by atoms with van der Waals surface area (Å²) in [5.41, 5.74) is 0. The molecule has 0 aromatic carbocycles. The second-order valence-electron chi connectivity index (χ2n) is 5.14. The van der Waals surface area contributed by atoms with Crippen molar-refractivity contribution in [2.24, 2.45) is 0 Å². The molecule has 0 aliphatic heterocycles. The summed E-state index contributed by atoms with van der Waals surface area (Å²) in [5.74, 6) is 0.270. The molecule has 0 aliphatic carbocycles. The number of carbonyl (C=O) groups excluding carboxylic acids is 2. The zero-order valence-corrected chi connectivity index (χ0v) is 13.1. The molecule has 2 unspecified atom stereocenters. The molecule has 1 amide bonds. The molecule has 2 N–H and O–H groups in total. The molecule has 22 heavy (non-hydrogen) atoms. The van der Waals surface area contributed by atoms with Crippen LogP contribution in [-0.2, 0) is 4.79 Å². The molecule has 0 fully saturated rings. The Labute approximate surface area is 133 Å². The summed E-state index contributed by atoms with van der Waals surface area (Å²) in [6.45, 7) is 1.81. The third-order valence-corrected chi connectivity index (χ3v) is 4.14. The van der Waals surface area contributed by atoms with Crippen LogP contribution in [0.3, 0.4) is 0 Å². The van der Waals surface area contributed by atoms with Gasteiger partial charge < -0.3 is 14.8 Å². The maximum absolute atomic E-state index is 11.8. The highest BCUT2D eigenvalue weighted by molar-refractivity contribution is 7.12. The maximum atomic E-state index is 11.8. The minimum atomic E-state index is -0.752. The fraction of sp³-hybridized carbons (Fsp3) is 0.375. The van der Waals surface area contributed by atoms with E-state index in [4.69, 9.17) is 4.42 Å². The van der Waals surface area contributed by atoms with Gasteiger partial charge in [0, 0.05) is 25.3 Å². The van der Waals surface area contributed by atoms with Crippen molar-refractivity contribution in [3.63, 3.8) is 0 Å². The molecule has 2 atom stereocenters. The number of amides is 1. The minimum Gasteiger partial charge on any atom is -0.467 e. The lowest BCUT2D eigenvalue weighted by Gasteiger charge is -2.16. The molecule has 0 bridgehead atoms. The van der Waals surface area contributed by atoms with Crippen LogP contribution in [0.25, 0.3) is 0 Å². The van der Waals surface area contributed by atoms with Crippen LogP contribution in [0, 0.1) is 0 Å². The fourth-order valence-corrected chi connectivity index (χ4v) is 2.82. The molecule has 0 saturated carbocycles. The average molecular weight is 321 g/mol. The first kappa shape index (κ1) is 16.5. The van der Waals surface area contributed by atoms with E-state index in [9.17, 15) is 14.7 Å². The molecule has 5 nitrogen and oxygen atoms in total. The Bertz CT molecular complexity index is 592. The highest BCUT2D eigenvalue weighted by Crippen LogP contribution is 2.18. The van der Waals surface area contributed by atoms with Gasteiger partial charge in [-0.05, 0) is 30.5 Å². The number of furan rings is 1. The monoisotopic (exact) mass is 321 g/mol. The summed E-state index contributed by atoms with van der Waals surface area (Å²) >= 11 is 1.38. The molecule has 2 aromatic heterocycles. The molecule has 2 heterocycles. The molecule has 0 radical (unpaired) electrons. The Balaban J connectivity index is 1.71. The van der Waals surface area contributed by atoms with Gasteiger partial charge in [-0.15, -0.1) is 11.3 Å². The van der Waals surface area contributed by atoms with E-state index in [0.717, 1.165) is 0 Å². The summed E-state index contributed by atoms with van der Waals surface area (Å²) in [7, 11) is 0. The maximum Gasteiger partial charge on any atom is 0.220 e. The third-order valence-electron chi connectivity index (χ3n) is 3.23. The van der Waals surface area contributed by atoms with Crippen molar-refractivity contribution in [2.45, 2.75) is 38.3 Å². The van der Waals surface area contributed by atoms with Crippen LogP contribution in [0.5, 0.6) is 0 Å². The van der Waals surface area contributed by atoms with E-state index in [1.807, 2.05) is 18.4 Å². The number of nitrogens with one attached hydrogen (secondary N) is 1. The molecule has 0 aliphatic rings. The predicted octanol–water partition coefficient (Wildman–Crippen LogP) is 2.93. The first-order valence-corrected chi connectivity index (χ1v) is 8.01. The van der Waals surface area contributed by atoms with Gasteiger partial charge in [0.1, 0.15) is 11.9 Å². The number of ketones is 1. The van der Waals surface area contributed by atoms with E-state index in [1.54, 1.807) is 18.2 Å². The second kappa shape index (κ2) is 7.91. The lowest BCUT2D eigenvalue weighted by molar-refractivity contribution is -0.121. The quantitative estimate of drug-likeness (QED) is 0.733. The van der Waals surface area contributed by atoms with Crippen LogP contribution >= 0.6 is 11.3 Å². The standard InChI is InChI=1S/C16H19NO4S/c1-11(10-13(19)14-4-2-8-21-14)17-16(20)7-6-12(18)15-5-3-9-22-15/h2-5,8-9,11,13,19H,6-7,10H2,1H3,(H,17,20). The van der Waals surface area contributed by atoms with Crippen molar-refractivity contribution < 1.29 is 19.1 Å². The van der Waals surface area contributed by atoms with E-state index in [0.29, 0.717) is 17.1 Å². The van der Waals surface area contributed by atoms with E-state index >= 15 is 0 Å². The molecular formula is C16H19NO4S. The van der Waals surface area contributed by atoms with Gasteiger partial charge in [-0.25, -0.2) is 0 Å². The average Bonchev–Trinajstić information content (AvgIpc) is 3.16.